The Labute approximate surface area is 228 Å². The van der Waals surface area contributed by atoms with E-state index in [2.05, 4.69) is 26.0 Å². The van der Waals surface area contributed by atoms with Crippen LogP contribution in [0.3, 0.4) is 0 Å². The van der Waals surface area contributed by atoms with Gasteiger partial charge in [0.25, 0.3) is 0 Å². The molecule has 4 heteroatoms. The maximum absolute atomic E-state index is 7.10. The highest BCUT2D eigenvalue weighted by molar-refractivity contribution is 5.58. The molecule has 8 aliphatic carbocycles. The SMILES string of the molecule is CC(Oc1c(C23CC4CC(CC(C4)C2)C3)ccc(C23CC4CC(CC(C4)C2)C3)c1OC(C)C1CO1)C1CO1. The van der Waals surface area contributed by atoms with Crippen molar-refractivity contribution in [3.05, 3.63) is 23.3 Å². The minimum atomic E-state index is 0.0594. The highest BCUT2D eigenvalue weighted by Gasteiger charge is 2.56. The molecule has 1 aromatic carbocycles. The third-order valence-corrected chi connectivity index (χ3v) is 12.7. The van der Waals surface area contributed by atoms with Crippen LogP contribution in [0, 0.1) is 35.5 Å². The first kappa shape index (κ1) is 23.4. The highest BCUT2D eigenvalue weighted by Crippen LogP contribution is 2.66. The Morgan fingerprint density at radius 3 is 1.13 bits per heavy atom. The maximum atomic E-state index is 7.10. The molecular weight excluding hydrogens is 472 g/mol. The van der Waals surface area contributed by atoms with Gasteiger partial charge >= 0.3 is 0 Å². The number of hydrogen-bond donors (Lipinski definition) is 0. The van der Waals surface area contributed by atoms with Gasteiger partial charge in [-0.05, 0) is 137 Å². The van der Waals surface area contributed by atoms with Gasteiger partial charge < -0.3 is 18.9 Å². The van der Waals surface area contributed by atoms with E-state index >= 15 is 0 Å². The van der Waals surface area contributed by atoms with Crippen LogP contribution < -0.4 is 9.47 Å². The molecule has 0 amide bonds. The Balaban J connectivity index is 1.20. The Hall–Kier alpha value is -1.26. The molecule has 8 saturated carbocycles. The van der Waals surface area contributed by atoms with Gasteiger partial charge in [0.15, 0.2) is 11.5 Å². The fourth-order valence-corrected chi connectivity index (χ4v) is 11.7. The lowest BCUT2D eigenvalue weighted by Crippen LogP contribution is -2.50. The van der Waals surface area contributed by atoms with Crippen LogP contribution in [0.4, 0.5) is 0 Å². The predicted octanol–water partition coefficient (Wildman–Crippen LogP) is 6.95. The normalized spacial score (nSPS) is 48.7. The molecule has 2 aliphatic heterocycles. The van der Waals surface area contributed by atoms with E-state index in [1.165, 1.54) is 88.2 Å². The molecule has 0 N–H and O–H groups in total. The zero-order chi connectivity index (χ0) is 25.2. The van der Waals surface area contributed by atoms with E-state index < -0.39 is 0 Å². The van der Waals surface area contributed by atoms with Crippen molar-refractivity contribution < 1.29 is 18.9 Å². The van der Waals surface area contributed by atoms with Crippen molar-refractivity contribution in [2.75, 3.05) is 13.2 Å². The molecule has 0 aromatic heterocycles. The van der Waals surface area contributed by atoms with E-state index in [0.29, 0.717) is 0 Å². The average molecular weight is 519 g/mol. The summed E-state index contributed by atoms with van der Waals surface area (Å²) >= 11 is 0. The first-order chi connectivity index (χ1) is 18.5. The molecular formula is C34H46O4. The molecule has 38 heavy (non-hydrogen) atoms. The van der Waals surface area contributed by atoms with E-state index in [4.69, 9.17) is 18.9 Å². The Kier molecular flexibility index (Phi) is 5.03. The second-order valence-corrected chi connectivity index (χ2v) is 15.6. The minimum Gasteiger partial charge on any atom is -0.484 e. The van der Waals surface area contributed by atoms with E-state index in [0.717, 1.165) is 60.2 Å². The molecule has 10 fully saturated rings. The number of benzene rings is 1. The molecule has 11 rings (SSSR count). The quantitative estimate of drug-likeness (QED) is 0.349. The van der Waals surface area contributed by atoms with Crippen LogP contribution in [0.5, 0.6) is 11.5 Å². The molecule has 10 aliphatic rings. The summed E-state index contributed by atoms with van der Waals surface area (Å²) in [6.07, 6.45) is 17.4. The predicted molar refractivity (Wildman–Crippen MR) is 146 cm³/mol. The zero-order valence-corrected chi connectivity index (χ0v) is 23.5. The largest absolute Gasteiger partial charge is 0.484 e. The number of epoxide rings is 2. The number of ether oxygens (including phenoxy) is 4. The summed E-state index contributed by atoms with van der Waals surface area (Å²) < 4.78 is 25.7. The summed E-state index contributed by atoms with van der Waals surface area (Å²) in [4.78, 5) is 0. The van der Waals surface area contributed by atoms with E-state index in [-0.39, 0.29) is 35.2 Å². The van der Waals surface area contributed by atoms with Gasteiger partial charge in [0.05, 0.1) is 13.2 Å². The van der Waals surface area contributed by atoms with Crippen LogP contribution >= 0.6 is 0 Å². The third kappa shape index (κ3) is 3.67. The smallest absolute Gasteiger partial charge is 0.165 e. The van der Waals surface area contributed by atoms with Crippen molar-refractivity contribution in [1.82, 2.24) is 0 Å². The van der Waals surface area contributed by atoms with Gasteiger partial charge in [-0.1, -0.05) is 12.1 Å². The van der Waals surface area contributed by atoms with Gasteiger partial charge in [-0.3, -0.25) is 0 Å². The lowest BCUT2D eigenvalue weighted by molar-refractivity contribution is -0.0103. The topological polar surface area (TPSA) is 43.5 Å². The molecule has 1 aromatic rings. The standard InChI is InChI=1S/C34H46O4/c1-19(29-17-35-29)37-31-27(33-11-21-5-22(12-33)7-23(6-21)13-33)3-4-28(32(31)38-20(2)30-18-36-30)34-14-24-8-25(15-34)10-26(9-24)16-34/h3-4,19-26,29-30H,5-18H2,1-2H3. The van der Waals surface area contributed by atoms with Crippen LogP contribution in [-0.4, -0.2) is 37.6 Å². The summed E-state index contributed by atoms with van der Waals surface area (Å²) in [5, 5.41) is 0. The summed E-state index contributed by atoms with van der Waals surface area (Å²) in [5.74, 6) is 7.65. The van der Waals surface area contributed by atoms with Crippen molar-refractivity contribution >= 4 is 0 Å². The maximum Gasteiger partial charge on any atom is 0.165 e. The zero-order valence-electron chi connectivity index (χ0n) is 23.5. The minimum absolute atomic E-state index is 0.0594. The molecule has 4 unspecified atom stereocenters. The monoisotopic (exact) mass is 518 g/mol. The fraction of sp³-hybridized carbons (Fsp3) is 0.824. The van der Waals surface area contributed by atoms with E-state index in [1.807, 2.05) is 0 Å². The first-order valence-electron chi connectivity index (χ1n) is 16.2. The van der Waals surface area contributed by atoms with Crippen LogP contribution in [0.2, 0.25) is 0 Å². The van der Waals surface area contributed by atoms with Gasteiger partial charge in [0.2, 0.25) is 0 Å². The molecule has 4 nitrogen and oxygen atoms in total. The van der Waals surface area contributed by atoms with Crippen molar-refractivity contribution in [3.63, 3.8) is 0 Å². The second kappa shape index (κ2) is 8.15. The molecule has 2 heterocycles. The molecule has 2 saturated heterocycles. The van der Waals surface area contributed by atoms with Gasteiger partial charge in [0, 0.05) is 11.1 Å². The summed E-state index contributed by atoms with van der Waals surface area (Å²) in [6.45, 7) is 6.08. The Morgan fingerprint density at radius 1 is 0.579 bits per heavy atom. The third-order valence-electron chi connectivity index (χ3n) is 12.7. The van der Waals surface area contributed by atoms with Crippen LogP contribution in [0.15, 0.2) is 12.1 Å². The lowest BCUT2D eigenvalue weighted by atomic mass is 9.47. The van der Waals surface area contributed by atoms with Gasteiger partial charge in [0.1, 0.15) is 24.4 Å². The van der Waals surface area contributed by atoms with E-state index in [9.17, 15) is 0 Å². The summed E-state index contributed by atoms with van der Waals surface area (Å²) in [5.41, 5.74) is 3.50. The molecule has 8 bridgehead atoms. The van der Waals surface area contributed by atoms with Crippen LogP contribution in [0.1, 0.15) is 102 Å². The lowest BCUT2D eigenvalue weighted by Gasteiger charge is -2.58. The molecule has 4 atom stereocenters. The van der Waals surface area contributed by atoms with Gasteiger partial charge in [-0.15, -0.1) is 0 Å². The molecule has 0 radical (unpaired) electrons. The van der Waals surface area contributed by atoms with Crippen molar-refractivity contribution in [2.45, 2.75) is 126 Å². The first-order valence-corrected chi connectivity index (χ1v) is 16.2. The molecule has 0 spiro atoms. The summed E-state index contributed by atoms with van der Waals surface area (Å²) in [6, 6.07) is 5.12. The fourth-order valence-electron chi connectivity index (χ4n) is 11.7. The number of rotatable bonds is 8. The summed E-state index contributed by atoms with van der Waals surface area (Å²) in [7, 11) is 0. The second-order valence-electron chi connectivity index (χ2n) is 15.6. The van der Waals surface area contributed by atoms with E-state index in [1.54, 1.807) is 0 Å². The van der Waals surface area contributed by atoms with Crippen molar-refractivity contribution in [1.29, 1.82) is 0 Å². The van der Waals surface area contributed by atoms with Crippen LogP contribution in [0.25, 0.3) is 0 Å². The molecule has 206 valence electrons. The van der Waals surface area contributed by atoms with Gasteiger partial charge in [-0.25, -0.2) is 0 Å². The highest BCUT2D eigenvalue weighted by atomic mass is 16.6. The van der Waals surface area contributed by atoms with Crippen molar-refractivity contribution in [2.24, 2.45) is 35.5 Å². The average Bonchev–Trinajstić information content (AvgIpc) is 3.76. The van der Waals surface area contributed by atoms with Gasteiger partial charge in [-0.2, -0.15) is 0 Å². The Morgan fingerprint density at radius 2 is 0.868 bits per heavy atom. The Bertz CT molecular complexity index is 958. The van der Waals surface area contributed by atoms with Crippen LogP contribution in [-0.2, 0) is 20.3 Å². The van der Waals surface area contributed by atoms with Crippen molar-refractivity contribution in [3.8, 4) is 11.5 Å². The number of hydrogen-bond acceptors (Lipinski definition) is 4.